The molecule has 3 nitrogen and oxygen atoms in total. The lowest BCUT2D eigenvalue weighted by Gasteiger charge is -2.21. The molecule has 0 aliphatic carbocycles. The summed E-state index contributed by atoms with van der Waals surface area (Å²) in [5, 5.41) is 11.3. The van der Waals surface area contributed by atoms with Crippen LogP contribution < -0.4 is 5.32 Å². The van der Waals surface area contributed by atoms with Crippen LogP contribution in [0.3, 0.4) is 0 Å². The summed E-state index contributed by atoms with van der Waals surface area (Å²) in [6.45, 7) is 3.34. The van der Waals surface area contributed by atoms with Gasteiger partial charge in [0.1, 0.15) is 5.54 Å². The van der Waals surface area contributed by atoms with Crippen molar-refractivity contribution in [1.82, 2.24) is 5.32 Å². The molecule has 0 aromatic heterocycles. The summed E-state index contributed by atoms with van der Waals surface area (Å²) >= 11 is 5.58. The smallest absolute Gasteiger partial charge is 0.255 e. The zero-order chi connectivity index (χ0) is 13.1. The van der Waals surface area contributed by atoms with Gasteiger partial charge >= 0.3 is 0 Å². The number of hydrogen-bond acceptors (Lipinski definition) is 2. The van der Waals surface area contributed by atoms with Gasteiger partial charge in [0.25, 0.3) is 5.91 Å². The highest BCUT2D eigenvalue weighted by Gasteiger charge is 2.25. The zero-order valence-corrected chi connectivity index (χ0v) is 10.3. The molecule has 1 atom stereocenters. The maximum Gasteiger partial charge on any atom is 0.255 e. The predicted octanol–water partition coefficient (Wildman–Crippen LogP) is 2.90. The first-order chi connectivity index (χ1) is 7.93. The second kappa shape index (κ2) is 5.15. The molecule has 1 N–H and O–H groups in total. The third-order valence-corrected chi connectivity index (χ3v) is 2.83. The largest absolute Gasteiger partial charge is 0.334 e. The first-order valence-corrected chi connectivity index (χ1v) is 5.49. The summed E-state index contributed by atoms with van der Waals surface area (Å²) in [6.07, 6.45) is 0.428. The van der Waals surface area contributed by atoms with Gasteiger partial charge in [-0.15, -0.1) is 0 Å². The summed E-state index contributed by atoms with van der Waals surface area (Å²) in [5.41, 5.74) is -1.17. The lowest BCUT2D eigenvalue weighted by Crippen LogP contribution is -2.44. The number of nitrogens with zero attached hydrogens (tertiary/aromatic N) is 1. The van der Waals surface area contributed by atoms with Gasteiger partial charge in [-0.2, -0.15) is 5.26 Å². The SMILES string of the molecule is CCC(C)(C#N)NC(=O)c1cccc(Cl)c1F. The lowest BCUT2D eigenvalue weighted by molar-refractivity contribution is 0.0919. The Balaban J connectivity index is 2.99. The van der Waals surface area contributed by atoms with Crippen molar-refractivity contribution in [3.05, 3.63) is 34.6 Å². The van der Waals surface area contributed by atoms with Crippen molar-refractivity contribution < 1.29 is 9.18 Å². The van der Waals surface area contributed by atoms with Gasteiger partial charge in [0.05, 0.1) is 16.7 Å². The topological polar surface area (TPSA) is 52.9 Å². The zero-order valence-electron chi connectivity index (χ0n) is 9.55. The van der Waals surface area contributed by atoms with Gasteiger partial charge in [0.15, 0.2) is 5.82 Å². The maximum atomic E-state index is 13.6. The number of amides is 1. The van der Waals surface area contributed by atoms with Crippen LogP contribution in [-0.2, 0) is 0 Å². The molecular formula is C12H12ClFN2O. The maximum absolute atomic E-state index is 13.6. The van der Waals surface area contributed by atoms with Crippen LogP contribution >= 0.6 is 11.6 Å². The Bertz CT molecular complexity index is 484. The van der Waals surface area contributed by atoms with Gasteiger partial charge < -0.3 is 5.32 Å². The van der Waals surface area contributed by atoms with Crippen molar-refractivity contribution in [3.8, 4) is 6.07 Å². The van der Waals surface area contributed by atoms with Crippen molar-refractivity contribution in [1.29, 1.82) is 5.26 Å². The Kier molecular flexibility index (Phi) is 4.08. The van der Waals surface area contributed by atoms with E-state index in [-0.39, 0.29) is 10.6 Å². The molecule has 90 valence electrons. The Labute approximate surface area is 104 Å². The minimum atomic E-state index is -1.01. The van der Waals surface area contributed by atoms with Crippen molar-refractivity contribution in [3.63, 3.8) is 0 Å². The summed E-state index contributed by atoms with van der Waals surface area (Å²) < 4.78 is 13.6. The third-order valence-electron chi connectivity index (χ3n) is 2.54. The number of rotatable bonds is 3. The second-order valence-electron chi connectivity index (χ2n) is 3.85. The minimum Gasteiger partial charge on any atom is -0.334 e. The van der Waals surface area contributed by atoms with Crippen LogP contribution in [0.25, 0.3) is 0 Å². The summed E-state index contributed by atoms with van der Waals surface area (Å²) in [5.74, 6) is -1.42. The quantitative estimate of drug-likeness (QED) is 0.902. The van der Waals surface area contributed by atoms with Gasteiger partial charge in [0.2, 0.25) is 0 Å². The van der Waals surface area contributed by atoms with E-state index in [0.29, 0.717) is 6.42 Å². The standard InChI is InChI=1S/C12H12ClFN2O/c1-3-12(2,7-15)16-11(17)8-5-4-6-9(13)10(8)14/h4-6H,3H2,1-2H3,(H,16,17). The highest BCUT2D eigenvalue weighted by atomic mass is 35.5. The molecule has 0 saturated carbocycles. The highest BCUT2D eigenvalue weighted by Crippen LogP contribution is 2.18. The molecule has 0 bridgehead atoms. The number of benzene rings is 1. The van der Waals surface area contributed by atoms with Gasteiger partial charge in [-0.25, -0.2) is 4.39 Å². The van der Waals surface area contributed by atoms with Crippen LogP contribution in [0.2, 0.25) is 5.02 Å². The Morgan fingerprint density at radius 2 is 2.29 bits per heavy atom. The third kappa shape index (κ3) is 2.95. The fourth-order valence-electron chi connectivity index (χ4n) is 1.19. The van der Waals surface area contributed by atoms with Crippen LogP contribution in [0.1, 0.15) is 30.6 Å². The van der Waals surface area contributed by atoms with Gasteiger partial charge in [0, 0.05) is 0 Å². The molecule has 17 heavy (non-hydrogen) atoms. The molecule has 1 amide bonds. The van der Waals surface area contributed by atoms with Crippen LogP contribution in [0.4, 0.5) is 4.39 Å². The average Bonchev–Trinajstić information content (AvgIpc) is 2.32. The van der Waals surface area contributed by atoms with Gasteiger partial charge in [-0.05, 0) is 25.5 Å². The van der Waals surface area contributed by atoms with E-state index in [1.165, 1.54) is 18.2 Å². The molecule has 0 aliphatic heterocycles. The summed E-state index contributed by atoms with van der Waals surface area (Å²) in [4.78, 5) is 11.8. The van der Waals surface area contributed by atoms with Crippen molar-refractivity contribution in [2.75, 3.05) is 0 Å². The molecule has 5 heteroatoms. The fourth-order valence-corrected chi connectivity index (χ4v) is 1.37. The normalized spacial score (nSPS) is 13.6. The van der Waals surface area contributed by atoms with E-state index in [0.717, 1.165) is 0 Å². The second-order valence-corrected chi connectivity index (χ2v) is 4.26. The Morgan fingerprint density at radius 3 is 2.82 bits per heavy atom. The summed E-state index contributed by atoms with van der Waals surface area (Å²) in [6, 6.07) is 6.14. The minimum absolute atomic E-state index is 0.118. The molecule has 0 spiro atoms. The van der Waals surface area contributed by atoms with Crippen LogP contribution in [0.15, 0.2) is 18.2 Å². The molecule has 0 fully saturated rings. The summed E-state index contributed by atoms with van der Waals surface area (Å²) in [7, 11) is 0. The van der Waals surface area contributed by atoms with E-state index >= 15 is 0 Å². The van der Waals surface area contributed by atoms with Crippen molar-refractivity contribution >= 4 is 17.5 Å². The van der Waals surface area contributed by atoms with Crippen LogP contribution in [0.5, 0.6) is 0 Å². The number of carbonyl (C=O) groups is 1. The predicted molar refractivity (Wildman–Crippen MR) is 63.2 cm³/mol. The lowest BCUT2D eigenvalue weighted by atomic mass is 10.0. The molecule has 1 unspecified atom stereocenters. The molecule has 0 heterocycles. The molecular weight excluding hydrogens is 243 g/mol. The van der Waals surface area contributed by atoms with Gasteiger partial charge in [-0.3, -0.25) is 4.79 Å². The number of nitrogens with one attached hydrogen (secondary N) is 1. The van der Waals surface area contributed by atoms with E-state index in [1.807, 2.05) is 6.07 Å². The van der Waals surface area contributed by atoms with Gasteiger partial charge in [-0.1, -0.05) is 24.6 Å². The molecule has 0 saturated heterocycles. The Morgan fingerprint density at radius 1 is 1.65 bits per heavy atom. The first kappa shape index (κ1) is 13.5. The number of nitriles is 1. The average molecular weight is 255 g/mol. The molecule has 1 aromatic carbocycles. The fraction of sp³-hybridized carbons (Fsp3) is 0.333. The van der Waals surface area contributed by atoms with E-state index in [9.17, 15) is 9.18 Å². The molecule has 0 radical (unpaired) electrons. The van der Waals surface area contributed by atoms with Crippen LogP contribution in [-0.4, -0.2) is 11.4 Å². The van der Waals surface area contributed by atoms with E-state index in [1.54, 1.807) is 13.8 Å². The Hall–Kier alpha value is -1.60. The molecule has 1 rings (SSSR count). The first-order valence-electron chi connectivity index (χ1n) is 5.11. The monoisotopic (exact) mass is 254 g/mol. The van der Waals surface area contributed by atoms with E-state index < -0.39 is 17.3 Å². The number of halogens is 2. The van der Waals surface area contributed by atoms with E-state index in [4.69, 9.17) is 16.9 Å². The number of carbonyl (C=O) groups excluding carboxylic acids is 1. The van der Waals surface area contributed by atoms with Crippen molar-refractivity contribution in [2.45, 2.75) is 25.8 Å². The molecule has 1 aromatic rings. The molecule has 0 aliphatic rings. The van der Waals surface area contributed by atoms with Crippen LogP contribution in [0, 0.1) is 17.1 Å². The highest BCUT2D eigenvalue weighted by molar-refractivity contribution is 6.31. The van der Waals surface area contributed by atoms with E-state index in [2.05, 4.69) is 5.32 Å². The van der Waals surface area contributed by atoms with Crippen molar-refractivity contribution in [2.24, 2.45) is 0 Å². The number of hydrogen-bond donors (Lipinski definition) is 1.